The lowest BCUT2D eigenvalue weighted by Gasteiger charge is -2.44. The van der Waals surface area contributed by atoms with Crippen LogP contribution >= 0.6 is 11.6 Å². The van der Waals surface area contributed by atoms with Gasteiger partial charge in [-0.25, -0.2) is 4.79 Å². The van der Waals surface area contributed by atoms with Gasteiger partial charge in [0.1, 0.15) is 11.4 Å². The second kappa shape index (κ2) is 8.83. The molecule has 1 atom stereocenters. The van der Waals surface area contributed by atoms with Crippen molar-refractivity contribution in [3.63, 3.8) is 0 Å². The van der Waals surface area contributed by atoms with Crippen LogP contribution in [0.4, 0.5) is 4.79 Å². The molecule has 0 aromatic heterocycles. The van der Waals surface area contributed by atoms with Gasteiger partial charge in [-0.05, 0) is 64.2 Å². The lowest BCUT2D eigenvalue weighted by molar-refractivity contribution is -0.125. The Kier molecular flexibility index (Phi) is 6.66. The fourth-order valence-corrected chi connectivity index (χ4v) is 4.28. The van der Waals surface area contributed by atoms with Crippen LogP contribution in [0.5, 0.6) is 0 Å². The zero-order valence-corrected chi connectivity index (χ0v) is 17.9. The van der Waals surface area contributed by atoms with E-state index in [1.807, 2.05) is 32.9 Å². The number of rotatable bonds is 3. The number of carbonyl (C=O) groups excluding carboxylic acids is 2. The molecule has 28 heavy (non-hydrogen) atoms. The number of hydrogen-bond donors (Lipinski definition) is 0. The van der Waals surface area contributed by atoms with Crippen molar-refractivity contribution in [1.29, 1.82) is 0 Å². The predicted octanol–water partition coefficient (Wildman–Crippen LogP) is 4.32. The Morgan fingerprint density at radius 1 is 1.14 bits per heavy atom. The molecule has 2 aliphatic rings. The van der Waals surface area contributed by atoms with E-state index < -0.39 is 5.60 Å². The van der Waals surface area contributed by atoms with Gasteiger partial charge in [-0.15, -0.1) is 0 Å². The molecule has 1 amide bonds. The molecule has 0 spiro atoms. The first-order valence-corrected chi connectivity index (χ1v) is 10.6. The summed E-state index contributed by atoms with van der Waals surface area (Å²) in [6, 6.07) is 8.69. The second-order valence-electron chi connectivity index (χ2n) is 8.93. The number of amides is 1. The van der Waals surface area contributed by atoms with Crippen molar-refractivity contribution in [3.05, 3.63) is 34.9 Å². The third kappa shape index (κ3) is 5.71. The minimum atomic E-state index is -0.475. The van der Waals surface area contributed by atoms with Crippen LogP contribution in [0.1, 0.15) is 52.0 Å². The summed E-state index contributed by atoms with van der Waals surface area (Å²) in [5, 5.41) is 0.744. The fraction of sp³-hybridized carbons (Fsp3) is 0.636. The van der Waals surface area contributed by atoms with Crippen LogP contribution in [0.25, 0.3) is 0 Å². The van der Waals surface area contributed by atoms with Crippen LogP contribution < -0.4 is 0 Å². The Bertz CT molecular complexity index is 691. The average molecular weight is 407 g/mol. The largest absolute Gasteiger partial charge is 0.444 e. The molecule has 0 bridgehead atoms. The number of nitrogens with zero attached hydrogens (tertiary/aromatic N) is 2. The lowest BCUT2D eigenvalue weighted by Crippen LogP contribution is -2.54. The maximum Gasteiger partial charge on any atom is 0.410 e. The van der Waals surface area contributed by atoms with Gasteiger partial charge < -0.3 is 9.64 Å². The summed E-state index contributed by atoms with van der Waals surface area (Å²) < 4.78 is 5.49. The van der Waals surface area contributed by atoms with Crippen LogP contribution in [-0.4, -0.2) is 59.0 Å². The van der Waals surface area contributed by atoms with Gasteiger partial charge in [-0.3, -0.25) is 9.69 Å². The lowest BCUT2D eigenvalue weighted by atomic mass is 9.91. The number of hydrogen-bond acceptors (Lipinski definition) is 4. The number of piperidine rings is 2. The summed E-state index contributed by atoms with van der Waals surface area (Å²) >= 11 is 6.01. The van der Waals surface area contributed by atoms with Gasteiger partial charge in [-0.2, -0.15) is 0 Å². The van der Waals surface area contributed by atoms with Gasteiger partial charge >= 0.3 is 6.09 Å². The minimum absolute atomic E-state index is 0.238. The van der Waals surface area contributed by atoms with Crippen LogP contribution in [0, 0.1) is 0 Å². The van der Waals surface area contributed by atoms with Gasteiger partial charge in [0, 0.05) is 36.6 Å². The number of ketones is 1. The van der Waals surface area contributed by atoms with Gasteiger partial charge in [0.05, 0.1) is 6.54 Å². The van der Waals surface area contributed by atoms with Crippen LogP contribution in [-0.2, 0) is 16.0 Å². The van der Waals surface area contributed by atoms with E-state index in [4.69, 9.17) is 16.3 Å². The van der Waals surface area contributed by atoms with Crippen molar-refractivity contribution < 1.29 is 14.3 Å². The molecule has 5 nitrogen and oxygen atoms in total. The highest BCUT2D eigenvalue weighted by Crippen LogP contribution is 2.27. The molecular formula is C22H31ClN2O3. The average Bonchev–Trinajstić information content (AvgIpc) is 2.64. The Morgan fingerprint density at radius 3 is 2.39 bits per heavy atom. The number of halogens is 1. The molecular weight excluding hydrogens is 376 g/mol. The van der Waals surface area contributed by atoms with Crippen molar-refractivity contribution >= 4 is 23.5 Å². The van der Waals surface area contributed by atoms with Gasteiger partial charge in [0.15, 0.2) is 0 Å². The Hall–Kier alpha value is -1.59. The molecule has 1 unspecified atom stereocenters. The minimum Gasteiger partial charge on any atom is -0.444 e. The topological polar surface area (TPSA) is 49.9 Å². The summed E-state index contributed by atoms with van der Waals surface area (Å²) in [6.45, 7) is 7.54. The highest BCUT2D eigenvalue weighted by Gasteiger charge is 2.35. The van der Waals surface area contributed by atoms with Crippen molar-refractivity contribution in [2.45, 2.75) is 70.6 Å². The zero-order valence-electron chi connectivity index (χ0n) is 17.1. The smallest absolute Gasteiger partial charge is 0.410 e. The van der Waals surface area contributed by atoms with Gasteiger partial charge in [0.25, 0.3) is 0 Å². The van der Waals surface area contributed by atoms with Crippen molar-refractivity contribution in [3.8, 4) is 0 Å². The highest BCUT2D eigenvalue weighted by molar-refractivity contribution is 6.30. The number of Topliss-reactive ketones (excluding diaryl/α,β-unsaturated/α-hetero) is 1. The molecule has 0 aliphatic carbocycles. The monoisotopic (exact) mass is 406 g/mol. The molecule has 2 aliphatic heterocycles. The molecule has 0 N–H and O–H groups in total. The van der Waals surface area contributed by atoms with Gasteiger partial charge in [-0.1, -0.05) is 23.7 Å². The number of benzene rings is 1. The number of carbonyl (C=O) groups is 2. The van der Waals surface area contributed by atoms with E-state index in [2.05, 4.69) is 17.0 Å². The maximum absolute atomic E-state index is 12.3. The first-order chi connectivity index (χ1) is 13.2. The SMILES string of the molecule is CC(C)(C)OC(=O)N1CCC(N2CC(=O)CCC2Cc2ccc(Cl)cc2)CC1. The summed E-state index contributed by atoms with van der Waals surface area (Å²) in [4.78, 5) is 28.6. The first kappa shape index (κ1) is 21.1. The molecule has 6 heteroatoms. The first-order valence-electron chi connectivity index (χ1n) is 10.2. The molecule has 1 aromatic carbocycles. The Balaban J connectivity index is 1.61. The van der Waals surface area contributed by atoms with E-state index >= 15 is 0 Å². The summed E-state index contributed by atoms with van der Waals surface area (Å²) in [5.41, 5.74) is 0.775. The molecule has 0 radical (unpaired) electrons. The molecule has 2 fully saturated rings. The van der Waals surface area contributed by atoms with Crippen LogP contribution in [0.3, 0.4) is 0 Å². The summed E-state index contributed by atoms with van der Waals surface area (Å²) in [6.07, 6.45) is 4.00. The van der Waals surface area contributed by atoms with Crippen LogP contribution in [0.15, 0.2) is 24.3 Å². The molecule has 3 rings (SSSR count). The van der Waals surface area contributed by atoms with E-state index in [0.717, 1.165) is 30.7 Å². The standard InChI is InChI=1S/C22H31ClN2O3/c1-22(2,3)28-21(27)24-12-10-18(11-13-24)25-15-20(26)9-8-19(25)14-16-4-6-17(23)7-5-16/h4-7,18-19H,8-15H2,1-3H3. The Morgan fingerprint density at radius 2 is 1.79 bits per heavy atom. The fourth-order valence-electron chi connectivity index (χ4n) is 4.15. The third-order valence-corrected chi connectivity index (χ3v) is 5.81. The highest BCUT2D eigenvalue weighted by atomic mass is 35.5. The van der Waals surface area contributed by atoms with E-state index in [-0.39, 0.29) is 6.09 Å². The van der Waals surface area contributed by atoms with E-state index in [1.165, 1.54) is 5.56 Å². The normalized spacial score (nSPS) is 22.4. The summed E-state index contributed by atoms with van der Waals surface area (Å²) in [5.74, 6) is 0.321. The van der Waals surface area contributed by atoms with Crippen molar-refractivity contribution in [1.82, 2.24) is 9.80 Å². The second-order valence-corrected chi connectivity index (χ2v) is 9.37. The molecule has 0 saturated carbocycles. The Labute approximate surface area is 173 Å². The zero-order chi connectivity index (χ0) is 20.3. The molecule has 2 heterocycles. The number of likely N-dealkylation sites (tertiary alicyclic amines) is 2. The van der Waals surface area contributed by atoms with E-state index in [1.54, 1.807) is 4.90 Å². The van der Waals surface area contributed by atoms with Crippen LogP contribution in [0.2, 0.25) is 5.02 Å². The van der Waals surface area contributed by atoms with E-state index in [0.29, 0.717) is 43.9 Å². The van der Waals surface area contributed by atoms with Crippen molar-refractivity contribution in [2.24, 2.45) is 0 Å². The molecule has 2 saturated heterocycles. The molecule has 154 valence electrons. The molecule has 1 aromatic rings. The van der Waals surface area contributed by atoms with Gasteiger partial charge in [0.2, 0.25) is 0 Å². The predicted molar refractivity (Wildman–Crippen MR) is 111 cm³/mol. The van der Waals surface area contributed by atoms with Crippen molar-refractivity contribution in [2.75, 3.05) is 19.6 Å². The maximum atomic E-state index is 12.3. The van der Waals surface area contributed by atoms with E-state index in [9.17, 15) is 9.59 Å². The number of ether oxygens (including phenoxy) is 1. The summed E-state index contributed by atoms with van der Waals surface area (Å²) in [7, 11) is 0. The quantitative estimate of drug-likeness (QED) is 0.750. The third-order valence-electron chi connectivity index (χ3n) is 5.55.